The Balaban J connectivity index is 0.00000385. The molecular weight excluding hydrogens is 468 g/mol. The van der Waals surface area contributed by atoms with Gasteiger partial charge in [0.25, 0.3) is 0 Å². The van der Waals surface area contributed by atoms with Gasteiger partial charge in [0.15, 0.2) is 22.4 Å². The first-order valence-corrected chi connectivity index (χ1v) is 10.9. The second kappa shape index (κ2) is 11.6. The smallest absolute Gasteiger partial charge is 0.338 e. The van der Waals surface area contributed by atoms with E-state index in [1.807, 2.05) is 12.1 Å². The third-order valence-electron chi connectivity index (χ3n) is 4.78. The van der Waals surface area contributed by atoms with Crippen molar-refractivity contribution in [2.75, 3.05) is 19.5 Å². The van der Waals surface area contributed by atoms with Crippen LogP contribution in [0.5, 0.6) is 17.2 Å². The van der Waals surface area contributed by atoms with Gasteiger partial charge in [-0.05, 0) is 49.7 Å². The number of hydrogen-bond donors (Lipinski definition) is 3. The highest BCUT2D eigenvalue weighted by atomic mass is 35.5. The molecule has 0 bridgehead atoms. The first-order valence-electron chi connectivity index (χ1n) is 9.88. The largest absolute Gasteiger partial charge is 1.00 e. The number of halogens is 1. The van der Waals surface area contributed by atoms with Crippen LogP contribution in [0.25, 0.3) is 0 Å². The molecule has 1 aliphatic heterocycles. The van der Waals surface area contributed by atoms with E-state index in [-0.39, 0.29) is 47.6 Å². The molecule has 3 rings (SSSR count). The molecule has 2 aromatic rings. The number of benzene rings is 2. The third kappa shape index (κ3) is 6.21. The van der Waals surface area contributed by atoms with Crippen molar-refractivity contribution in [2.45, 2.75) is 19.9 Å². The fourth-order valence-corrected chi connectivity index (χ4v) is 3.98. The molecule has 0 radical (unpaired) electrons. The predicted octanol–water partition coefficient (Wildman–Crippen LogP) is 0.564. The highest BCUT2D eigenvalue weighted by Crippen LogP contribution is 2.34. The number of methoxy groups -OCH3 is 1. The molecule has 0 saturated heterocycles. The quantitative estimate of drug-likeness (QED) is 0.292. The van der Waals surface area contributed by atoms with Gasteiger partial charge in [0.2, 0.25) is 0 Å². The number of Topliss-reactive ketones (excluding diaryl/α,β-unsaturated/α-hetero) is 1. The summed E-state index contributed by atoms with van der Waals surface area (Å²) in [6.45, 7) is 3.74. The first kappa shape index (κ1) is 26.1. The van der Waals surface area contributed by atoms with E-state index in [4.69, 9.17) is 9.47 Å². The van der Waals surface area contributed by atoms with E-state index >= 15 is 0 Å². The van der Waals surface area contributed by atoms with Crippen molar-refractivity contribution in [1.29, 1.82) is 0 Å². The van der Waals surface area contributed by atoms with Gasteiger partial charge in [-0.2, -0.15) is 0 Å². The third-order valence-corrected chi connectivity index (χ3v) is 5.67. The van der Waals surface area contributed by atoms with Crippen LogP contribution < -0.4 is 22.5 Å². The molecule has 0 spiro atoms. The number of phenolic OH excluding ortho intramolecular Hbond substituents is 2. The van der Waals surface area contributed by atoms with Crippen molar-refractivity contribution in [2.24, 2.45) is 4.99 Å². The van der Waals surface area contributed by atoms with E-state index in [1.54, 1.807) is 33.1 Å². The van der Waals surface area contributed by atoms with Gasteiger partial charge in [-0.25, -0.2) is 9.79 Å². The standard InChI is InChI=1S/C23H24N2O6S.ClH/c1-4-31-22(29)20-13(2)24-23(25-21(20)14-5-8-16(30-3)9-6-14)32-12-19(28)15-7-10-17(26)18(27)11-15;/h5-11,21,26-27H,4,12H2,1-3H3,(H,24,25);1H/p-1. The molecule has 1 heterocycles. The zero-order chi connectivity index (χ0) is 23.3. The number of carbonyl (C=O) groups is 2. The molecule has 0 fully saturated rings. The molecule has 1 unspecified atom stereocenters. The van der Waals surface area contributed by atoms with Crippen LogP contribution in [0.2, 0.25) is 0 Å². The van der Waals surface area contributed by atoms with Gasteiger partial charge in [-0.3, -0.25) is 4.79 Å². The number of nitrogens with one attached hydrogen (secondary N) is 1. The summed E-state index contributed by atoms with van der Waals surface area (Å²) in [5, 5.41) is 22.6. The van der Waals surface area contributed by atoms with Crippen LogP contribution in [0.1, 0.15) is 35.8 Å². The number of hydrogen-bond acceptors (Lipinski definition) is 9. The first-order chi connectivity index (χ1) is 15.3. The summed E-state index contributed by atoms with van der Waals surface area (Å²) in [6.07, 6.45) is 0. The number of nitrogens with zero attached hydrogens (tertiary/aromatic N) is 1. The number of aromatic hydroxyl groups is 2. The molecule has 0 aromatic heterocycles. The number of amidine groups is 1. The van der Waals surface area contributed by atoms with Gasteiger partial charge >= 0.3 is 5.97 Å². The topological polar surface area (TPSA) is 117 Å². The Morgan fingerprint density at radius 2 is 1.82 bits per heavy atom. The van der Waals surface area contributed by atoms with E-state index in [0.717, 1.165) is 5.56 Å². The molecule has 10 heteroatoms. The monoisotopic (exact) mass is 491 g/mol. The van der Waals surface area contributed by atoms with Gasteiger partial charge in [0, 0.05) is 11.3 Å². The van der Waals surface area contributed by atoms with Crippen LogP contribution in [0.4, 0.5) is 0 Å². The van der Waals surface area contributed by atoms with E-state index in [2.05, 4.69) is 10.3 Å². The highest BCUT2D eigenvalue weighted by Gasteiger charge is 2.30. The lowest BCUT2D eigenvalue weighted by Gasteiger charge is -2.25. The van der Waals surface area contributed by atoms with Crippen molar-refractivity contribution in [3.63, 3.8) is 0 Å². The minimum absolute atomic E-state index is 0. The number of ether oxygens (including phenoxy) is 2. The molecule has 176 valence electrons. The maximum Gasteiger partial charge on any atom is 0.338 e. The van der Waals surface area contributed by atoms with Gasteiger partial charge in [-0.1, -0.05) is 23.9 Å². The Kier molecular flexibility index (Phi) is 9.19. The van der Waals surface area contributed by atoms with E-state index < -0.39 is 12.0 Å². The molecule has 3 N–H and O–H groups in total. The molecule has 8 nitrogen and oxygen atoms in total. The minimum Gasteiger partial charge on any atom is -1.00 e. The fraction of sp³-hybridized carbons (Fsp3) is 0.261. The predicted molar refractivity (Wildman–Crippen MR) is 122 cm³/mol. The van der Waals surface area contributed by atoms with Crippen LogP contribution in [0, 0.1) is 0 Å². The van der Waals surface area contributed by atoms with Gasteiger partial charge in [-0.15, -0.1) is 0 Å². The Morgan fingerprint density at radius 1 is 1.12 bits per heavy atom. The zero-order valence-corrected chi connectivity index (χ0v) is 19.9. The molecule has 2 aromatic carbocycles. The van der Waals surface area contributed by atoms with Crippen LogP contribution in [0.3, 0.4) is 0 Å². The fourth-order valence-electron chi connectivity index (χ4n) is 3.14. The van der Waals surface area contributed by atoms with E-state index in [1.165, 1.54) is 30.0 Å². The number of thioether (sulfide) groups is 1. The molecule has 1 aliphatic rings. The summed E-state index contributed by atoms with van der Waals surface area (Å²) in [5.74, 6) is -0.612. The summed E-state index contributed by atoms with van der Waals surface area (Å²) in [5.41, 5.74) is 2.05. The lowest BCUT2D eigenvalue weighted by atomic mass is 9.96. The number of ketones is 1. The molecule has 1 atom stereocenters. The molecule has 0 saturated carbocycles. The second-order valence-electron chi connectivity index (χ2n) is 6.91. The minimum atomic E-state index is -0.600. The van der Waals surface area contributed by atoms with Crippen LogP contribution in [-0.2, 0) is 9.53 Å². The lowest BCUT2D eigenvalue weighted by molar-refractivity contribution is -0.138. The SMILES string of the molecule is CCOC(=O)C1=C(C)NC(SCC(=O)c2ccc(O)c(O)c2)=NC1c1ccc(OC)cc1.[Cl-]. The van der Waals surface area contributed by atoms with Gasteiger partial charge in [0.1, 0.15) is 11.8 Å². The van der Waals surface area contributed by atoms with Crippen molar-refractivity contribution >= 4 is 28.7 Å². The summed E-state index contributed by atoms with van der Waals surface area (Å²) in [6, 6.07) is 10.6. The Labute approximate surface area is 202 Å². The van der Waals surface area contributed by atoms with Crippen LogP contribution >= 0.6 is 11.8 Å². The Bertz CT molecular complexity index is 1080. The normalized spacial score (nSPS) is 15.1. The van der Waals surface area contributed by atoms with Gasteiger partial charge < -0.3 is 37.4 Å². The van der Waals surface area contributed by atoms with Crippen molar-refractivity contribution in [3.05, 3.63) is 64.9 Å². The highest BCUT2D eigenvalue weighted by molar-refractivity contribution is 8.14. The Morgan fingerprint density at radius 3 is 2.42 bits per heavy atom. The molecule has 0 amide bonds. The number of aliphatic imine (C=N–C) groups is 1. The molecule has 33 heavy (non-hydrogen) atoms. The maximum absolute atomic E-state index is 12.6. The summed E-state index contributed by atoms with van der Waals surface area (Å²) in [4.78, 5) is 29.8. The second-order valence-corrected chi connectivity index (χ2v) is 7.87. The average molecular weight is 492 g/mol. The van der Waals surface area contributed by atoms with Crippen molar-refractivity contribution in [1.82, 2.24) is 5.32 Å². The lowest BCUT2D eigenvalue weighted by Crippen LogP contribution is -3.00. The number of allylic oxidation sites excluding steroid dienone is 1. The van der Waals surface area contributed by atoms with E-state index in [9.17, 15) is 19.8 Å². The van der Waals surface area contributed by atoms with E-state index in [0.29, 0.717) is 22.2 Å². The van der Waals surface area contributed by atoms with Gasteiger partial charge in [0.05, 0.1) is 25.0 Å². The average Bonchev–Trinajstić information content (AvgIpc) is 2.79. The van der Waals surface area contributed by atoms with Crippen LogP contribution in [-0.4, -0.2) is 46.6 Å². The summed E-state index contributed by atoms with van der Waals surface area (Å²) < 4.78 is 10.4. The number of rotatable bonds is 7. The zero-order valence-electron chi connectivity index (χ0n) is 18.3. The van der Waals surface area contributed by atoms with Crippen molar-refractivity contribution in [3.8, 4) is 17.2 Å². The Hall–Kier alpha value is -3.17. The number of carbonyl (C=O) groups excluding carboxylic acids is 2. The number of phenols is 2. The molecular formula is C23H24ClN2O6S-. The van der Waals surface area contributed by atoms with Crippen molar-refractivity contribution < 1.29 is 41.7 Å². The summed E-state index contributed by atoms with van der Waals surface area (Å²) >= 11 is 1.18. The summed E-state index contributed by atoms with van der Waals surface area (Å²) in [7, 11) is 1.57. The van der Waals surface area contributed by atoms with Crippen LogP contribution in [0.15, 0.2) is 58.7 Å². The molecule has 0 aliphatic carbocycles. The maximum atomic E-state index is 12.6. The number of esters is 1.